The molecule has 2 aliphatic carbocycles. The van der Waals surface area contributed by atoms with Gasteiger partial charge in [0.25, 0.3) is 0 Å². The molecular weight excluding hydrogens is 428 g/mol. The van der Waals surface area contributed by atoms with Gasteiger partial charge in [-0.3, -0.25) is 14.4 Å². The van der Waals surface area contributed by atoms with Crippen LogP contribution in [0.3, 0.4) is 0 Å². The summed E-state index contributed by atoms with van der Waals surface area (Å²) in [6.07, 6.45) is 6.39. The van der Waals surface area contributed by atoms with E-state index in [1.807, 2.05) is 0 Å². The highest BCUT2D eigenvalue weighted by atomic mass is 16.3. The van der Waals surface area contributed by atoms with Gasteiger partial charge in [-0.2, -0.15) is 0 Å². The van der Waals surface area contributed by atoms with Gasteiger partial charge in [0.05, 0.1) is 12.0 Å². The first-order valence-corrected chi connectivity index (χ1v) is 12.4. The number of Topliss-reactive ketones (excluding diaryl/α,β-unsaturated/α-hetero) is 1. The van der Waals surface area contributed by atoms with E-state index in [2.05, 4.69) is 52.2 Å². The van der Waals surface area contributed by atoms with Crippen LogP contribution in [-0.2, 0) is 14.4 Å². The van der Waals surface area contributed by atoms with Crippen molar-refractivity contribution >= 4 is 17.6 Å². The van der Waals surface area contributed by atoms with Crippen LogP contribution in [0.2, 0.25) is 0 Å². The molecule has 2 amide bonds. The van der Waals surface area contributed by atoms with E-state index in [0.29, 0.717) is 35.4 Å². The molecule has 0 aromatic rings. The molecule has 1 unspecified atom stereocenters. The monoisotopic (exact) mass is 486 g/mol. The summed E-state index contributed by atoms with van der Waals surface area (Å²) in [7, 11) is 3.23. The van der Waals surface area contributed by atoms with Crippen LogP contribution < -0.4 is 10.6 Å². The van der Waals surface area contributed by atoms with E-state index < -0.39 is 5.60 Å². The third-order valence-electron chi connectivity index (χ3n) is 7.00. The van der Waals surface area contributed by atoms with Crippen LogP contribution in [0, 0.1) is 35.5 Å². The smallest absolute Gasteiger partial charge is 0.222 e. The largest absolute Gasteiger partial charge is 0.389 e. The molecule has 2 aliphatic rings. The van der Waals surface area contributed by atoms with Crippen molar-refractivity contribution in [3.8, 4) is 0 Å². The lowest BCUT2D eigenvalue weighted by Gasteiger charge is -2.44. The van der Waals surface area contributed by atoms with Gasteiger partial charge < -0.3 is 15.7 Å². The Hall–Kier alpha value is -1.43. The predicted molar refractivity (Wildman–Crippen MR) is 145 cm³/mol. The molecule has 0 spiro atoms. The lowest BCUT2D eigenvalue weighted by Crippen LogP contribution is -2.48. The normalized spacial score (nSPS) is 28.2. The second-order valence-electron chi connectivity index (χ2n) is 10.7. The third-order valence-corrected chi connectivity index (χ3v) is 7.00. The second kappa shape index (κ2) is 17.9. The molecule has 34 heavy (non-hydrogen) atoms. The molecule has 0 heterocycles. The fourth-order valence-corrected chi connectivity index (χ4v) is 5.04. The van der Waals surface area contributed by atoms with Crippen molar-refractivity contribution in [3.05, 3.63) is 0 Å². The molecular formula is C28H58N2O4. The van der Waals surface area contributed by atoms with Gasteiger partial charge >= 0.3 is 0 Å². The number of ketones is 1. The molecule has 2 fully saturated rings. The zero-order valence-corrected chi connectivity index (χ0v) is 22.1. The van der Waals surface area contributed by atoms with Crippen LogP contribution >= 0.6 is 0 Å². The fourth-order valence-electron chi connectivity index (χ4n) is 5.04. The zero-order chi connectivity index (χ0) is 25.1. The first-order chi connectivity index (χ1) is 14.8. The molecule has 0 bridgehead atoms. The number of hydrogen-bond donors (Lipinski definition) is 3. The summed E-state index contributed by atoms with van der Waals surface area (Å²) in [6, 6.07) is 0. The lowest BCUT2D eigenvalue weighted by molar-refractivity contribution is -0.135. The molecule has 2 rings (SSSR count). The number of amides is 2. The van der Waals surface area contributed by atoms with Gasteiger partial charge in [0, 0.05) is 33.4 Å². The van der Waals surface area contributed by atoms with Crippen molar-refractivity contribution in [3.63, 3.8) is 0 Å². The maximum Gasteiger partial charge on any atom is 0.222 e. The van der Waals surface area contributed by atoms with Crippen LogP contribution in [0.4, 0.5) is 0 Å². The van der Waals surface area contributed by atoms with Crippen LogP contribution in [0.1, 0.15) is 108 Å². The highest BCUT2D eigenvalue weighted by Gasteiger charge is 2.43. The van der Waals surface area contributed by atoms with E-state index in [9.17, 15) is 19.5 Å². The summed E-state index contributed by atoms with van der Waals surface area (Å²) in [5.74, 6) is 3.21. The first kappa shape index (κ1) is 37.1. The van der Waals surface area contributed by atoms with Crippen molar-refractivity contribution in [2.75, 3.05) is 14.1 Å². The van der Waals surface area contributed by atoms with Gasteiger partial charge in [-0.25, -0.2) is 0 Å². The summed E-state index contributed by atoms with van der Waals surface area (Å²) >= 11 is 0. The summed E-state index contributed by atoms with van der Waals surface area (Å²) in [5, 5.41) is 15.7. The maximum absolute atomic E-state index is 11.5. The molecule has 0 radical (unpaired) electrons. The Bertz CT molecular complexity index is 591. The van der Waals surface area contributed by atoms with Crippen molar-refractivity contribution in [1.82, 2.24) is 10.6 Å². The lowest BCUT2D eigenvalue weighted by atomic mass is 9.65. The Kier molecular flexibility index (Phi) is 19.6. The SMILES string of the molecule is C.C.CC(C)[C@@H]1CC[C@@H](C)CC1=O.CNC(=O)CC1(O)C[C@H](C)CC[C@H]1C(C)C.CNC(C)=O. The Morgan fingerprint density at radius 1 is 0.941 bits per heavy atom. The number of nitrogens with one attached hydrogen (secondary N) is 2. The molecule has 0 saturated heterocycles. The summed E-state index contributed by atoms with van der Waals surface area (Å²) < 4.78 is 0. The van der Waals surface area contributed by atoms with E-state index in [-0.39, 0.29) is 39.0 Å². The highest BCUT2D eigenvalue weighted by Crippen LogP contribution is 2.42. The number of rotatable bonds is 4. The Morgan fingerprint density at radius 2 is 1.44 bits per heavy atom. The summed E-state index contributed by atoms with van der Waals surface area (Å²) in [5.41, 5.74) is -0.800. The Labute approximate surface area is 211 Å². The van der Waals surface area contributed by atoms with Crippen LogP contribution in [0.25, 0.3) is 0 Å². The molecule has 3 N–H and O–H groups in total. The minimum Gasteiger partial charge on any atom is -0.389 e. The quantitative estimate of drug-likeness (QED) is 0.481. The van der Waals surface area contributed by atoms with Gasteiger partial charge in [0.2, 0.25) is 11.8 Å². The topological polar surface area (TPSA) is 95.5 Å². The van der Waals surface area contributed by atoms with Crippen molar-refractivity contribution in [1.29, 1.82) is 0 Å². The van der Waals surface area contributed by atoms with Gasteiger partial charge in [0.15, 0.2) is 0 Å². The maximum atomic E-state index is 11.5. The van der Waals surface area contributed by atoms with Gasteiger partial charge in [-0.05, 0) is 55.3 Å². The molecule has 6 nitrogen and oxygen atoms in total. The van der Waals surface area contributed by atoms with Gasteiger partial charge in [0.1, 0.15) is 5.78 Å². The Morgan fingerprint density at radius 3 is 1.82 bits per heavy atom. The number of carbonyl (C=O) groups excluding carboxylic acids is 3. The van der Waals surface area contributed by atoms with Crippen molar-refractivity contribution in [2.45, 2.75) is 114 Å². The van der Waals surface area contributed by atoms with Crippen molar-refractivity contribution in [2.24, 2.45) is 35.5 Å². The van der Waals surface area contributed by atoms with Gasteiger partial charge in [-0.15, -0.1) is 0 Å². The standard InChI is InChI=1S/C13H25NO2.C10H18O.C3H7NO.2CH4/c1-9(2)11-6-5-10(3)7-13(11,16)8-12(15)14-4;1-7(2)9-5-4-8(3)6-10(9)11;1-3(5)4-2;;/h9-11,16H,5-8H2,1-4H3,(H,14,15);7-9H,4-6H2,1-3H3;1-2H3,(H,4,5);2*1H4/t10-,11+,13?;8-,9+;;;/m11.../s1. The van der Waals surface area contributed by atoms with E-state index in [1.165, 1.54) is 19.8 Å². The molecule has 0 aromatic heterocycles. The van der Waals surface area contributed by atoms with Crippen LogP contribution in [0.15, 0.2) is 0 Å². The van der Waals surface area contributed by atoms with Gasteiger partial charge in [-0.1, -0.05) is 62.8 Å². The third kappa shape index (κ3) is 13.5. The minimum absolute atomic E-state index is 0. The number of hydrogen-bond acceptors (Lipinski definition) is 4. The minimum atomic E-state index is -0.800. The molecule has 2 saturated carbocycles. The molecule has 0 aliphatic heterocycles. The summed E-state index contributed by atoms with van der Waals surface area (Å²) in [6.45, 7) is 14.4. The average Bonchev–Trinajstić information content (AvgIpc) is 2.67. The molecule has 5 atom stereocenters. The fraction of sp³-hybridized carbons (Fsp3) is 0.893. The average molecular weight is 487 g/mol. The first-order valence-electron chi connectivity index (χ1n) is 12.4. The molecule has 204 valence electrons. The number of carbonyl (C=O) groups is 3. The number of aliphatic hydroxyl groups is 1. The predicted octanol–water partition coefficient (Wildman–Crippen LogP) is 5.62. The van der Waals surface area contributed by atoms with Crippen LogP contribution in [0.5, 0.6) is 0 Å². The van der Waals surface area contributed by atoms with E-state index in [1.54, 1.807) is 14.1 Å². The Balaban J connectivity index is -0.000000467. The zero-order valence-electron chi connectivity index (χ0n) is 22.1. The summed E-state index contributed by atoms with van der Waals surface area (Å²) in [4.78, 5) is 32.6. The van der Waals surface area contributed by atoms with Crippen LogP contribution in [-0.4, -0.2) is 42.4 Å². The van der Waals surface area contributed by atoms with E-state index in [0.717, 1.165) is 25.7 Å². The molecule has 6 heteroatoms. The molecule has 0 aromatic carbocycles. The highest BCUT2D eigenvalue weighted by molar-refractivity contribution is 5.82. The second-order valence-corrected chi connectivity index (χ2v) is 10.7. The van der Waals surface area contributed by atoms with E-state index in [4.69, 9.17) is 0 Å². The van der Waals surface area contributed by atoms with Crippen molar-refractivity contribution < 1.29 is 19.5 Å². The van der Waals surface area contributed by atoms with E-state index >= 15 is 0 Å².